The van der Waals surface area contributed by atoms with Crippen molar-refractivity contribution in [2.75, 3.05) is 5.75 Å². The molecule has 15 heavy (non-hydrogen) atoms. The Bertz CT molecular complexity index is 398. The maximum absolute atomic E-state index is 11.7. The first kappa shape index (κ1) is 12.5. The second kappa shape index (κ2) is 5.53. The largest absolute Gasteiger partial charge is 0.249 e. The van der Waals surface area contributed by atoms with E-state index in [0.717, 1.165) is 17.7 Å². The second-order valence-corrected chi connectivity index (χ2v) is 6.09. The lowest BCUT2D eigenvalue weighted by molar-refractivity contribution is 0.594. The molecule has 0 aliphatic carbocycles. The first-order valence-corrected chi connectivity index (χ1v) is 7.23. The van der Waals surface area contributed by atoms with Gasteiger partial charge in [0.1, 0.15) is 0 Å². The number of rotatable bonds is 5. The third-order valence-electron chi connectivity index (χ3n) is 1.81. The molecule has 0 radical (unpaired) electrons. The monoisotopic (exact) mass is 245 g/mol. The van der Waals surface area contributed by atoms with Crippen molar-refractivity contribution in [1.29, 1.82) is 0 Å². The standard InChI is InChI=1S/C10H15NO2S2/c1-3-8-14-11-15(12,13)10-6-4-9(2)5-7-10/h4-7,11H,3,8H2,1-2H3. The molecule has 3 nitrogen and oxygen atoms in total. The summed E-state index contributed by atoms with van der Waals surface area (Å²) in [6.07, 6.45) is 0.946. The van der Waals surface area contributed by atoms with Crippen molar-refractivity contribution in [3.63, 3.8) is 0 Å². The summed E-state index contributed by atoms with van der Waals surface area (Å²) in [5.41, 5.74) is 1.05. The predicted octanol–water partition coefficient (Wildman–Crippen LogP) is 2.33. The van der Waals surface area contributed by atoms with Crippen LogP contribution in [0.15, 0.2) is 29.2 Å². The summed E-state index contributed by atoms with van der Waals surface area (Å²) in [6, 6.07) is 6.81. The van der Waals surface area contributed by atoms with Crippen LogP contribution in [0.5, 0.6) is 0 Å². The lowest BCUT2D eigenvalue weighted by Gasteiger charge is -2.05. The van der Waals surface area contributed by atoms with Crippen LogP contribution in [0.1, 0.15) is 18.9 Å². The Morgan fingerprint density at radius 2 is 1.87 bits per heavy atom. The average molecular weight is 245 g/mol. The highest BCUT2D eigenvalue weighted by Crippen LogP contribution is 2.12. The lowest BCUT2D eigenvalue weighted by Crippen LogP contribution is -2.17. The zero-order valence-electron chi connectivity index (χ0n) is 8.86. The highest BCUT2D eigenvalue weighted by atomic mass is 32.3. The van der Waals surface area contributed by atoms with Gasteiger partial charge < -0.3 is 0 Å². The number of nitrogens with one attached hydrogen (secondary N) is 1. The van der Waals surface area contributed by atoms with Crippen molar-refractivity contribution in [3.05, 3.63) is 29.8 Å². The molecule has 1 aromatic carbocycles. The van der Waals surface area contributed by atoms with Gasteiger partial charge in [0.05, 0.1) is 4.90 Å². The van der Waals surface area contributed by atoms with Crippen LogP contribution in [0.2, 0.25) is 0 Å². The van der Waals surface area contributed by atoms with Gasteiger partial charge in [-0.2, -0.15) is 4.13 Å². The summed E-state index contributed by atoms with van der Waals surface area (Å²) in [7, 11) is -3.34. The predicted molar refractivity (Wildman–Crippen MR) is 64.2 cm³/mol. The van der Waals surface area contributed by atoms with Crippen LogP contribution in [0, 0.1) is 6.92 Å². The van der Waals surface area contributed by atoms with Crippen LogP contribution >= 0.6 is 11.9 Å². The minimum atomic E-state index is -3.34. The fourth-order valence-corrected chi connectivity index (χ4v) is 3.02. The van der Waals surface area contributed by atoms with Gasteiger partial charge in [-0.05, 0) is 25.5 Å². The Hall–Kier alpha value is -0.520. The number of hydrogen-bond acceptors (Lipinski definition) is 3. The van der Waals surface area contributed by atoms with Gasteiger partial charge in [-0.1, -0.05) is 36.6 Å². The van der Waals surface area contributed by atoms with E-state index in [2.05, 4.69) is 4.13 Å². The Labute approximate surface area is 95.5 Å². The maximum atomic E-state index is 11.7. The molecule has 0 saturated carbocycles. The van der Waals surface area contributed by atoms with Gasteiger partial charge in [0, 0.05) is 5.75 Å². The van der Waals surface area contributed by atoms with E-state index in [4.69, 9.17) is 0 Å². The minimum Gasteiger partial charge on any atom is -0.206 e. The number of hydrogen-bond donors (Lipinski definition) is 1. The summed E-state index contributed by atoms with van der Waals surface area (Å²) in [5, 5.41) is 0. The van der Waals surface area contributed by atoms with E-state index >= 15 is 0 Å². The first-order chi connectivity index (χ1) is 7.06. The van der Waals surface area contributed by atoms with Crippen molar-refractivity contribution in [1.82, 2.24) is 4.13 Å². The third kappa shape index (κ3) is 3.85. The molecule has 0 atom stereocenters. The molecular weight excluding hydrogens is 230 g/mol. The third-order valence-corrected chi connectivity index (χ3v) is 4.66. The van der Waals surface area contributed by atoms with Crippen molar-refractivity contribution >= 4 is 22.0 Å². The molecule has 1 N–H and O–H groups in total. The molecule has 0 bridgehead atoms. The van der Waals surface area contributed by atoms with Gasteiger partial charge in [0.2, 0.25) is 10.0 Å². The van der Waals surface area contributed by atoms with Gasteiger partial charge in [-0.25, -0.2) is 8.42 Å². The van der Waals surface area contributed by atoms with Crippen molar-refractivity contribution in [2.24, 2.45) is 0 Å². The van der Waals surface area contributed by atoms with E-state index in [0.29, 0.717) is 4.90 Å². The van der Waals surface area contributed by atoms with E-state index in [1.807, 2.05) is 13.8 Å². The molecule has 0 saturated heterocycles. The normalized spacial score (nSPS) is 11.6. The van der Waals surface area contributed by atoms with E-state index in [1.165, 1.54) is 11.9 Å². The molecular formula is C10H15NO2S2. The van der Waals surface area contributed by atoms with Crippen molar-refractivity contribution in [3.8, 4) is 0 Å². The molecule has 1 aromatic rings. The van der Waals surface area contributed by atoms with Crippen LogP contribution in [0.25, 0.3) is 0 Å². The van der Waals surface area contributed by atoms with Crippen LogP contribution in [-0.2, 0) is 10.0 Å². The molecule has 5 heteroatoms. The SMILES string of the molecule is CCCSNS(=O)(=O)c1ccc(C)cc1. The smallest absolute Gasteiger partial charge is 0.206 e. The summed E-state index contributed by atoms with van der Waals surface area (Å²) in [6.45, 7) is 3.93. The fraction of sp³-hybridized carbons (Fsp3) is 0.400. The van der Waals surface area contributed by atoms with Gasteiger partial charge >= 0.3 is 0 Å². The maximum Gasteiger partial charge on any atom is 0.249 e. The zero-order valence-corrected chi connectivity index (χ0v) is 10.5. The fourth-order valence-electron chi connectivity index (χ4n) is 0.987. The van der Waals surface area contributed by atoms with Crippen LogP contribution < -0.4 is 4.13 Å². The van der Waals surface area contributed by atoms with Crippen molar-refractivity contribution in [2.45, 2.75) is 25.2 Å². The molecule has 0 unspecified atom stereocenters. The van der Waals surface area contributed by atoms with E-state index in [9.17, 15) is 8.42 Å². The highest BCUT2D eigenvalue weighted by molar-refractivity contribution is 8.09. The van der Waals surface area contributed by atoms with Crippen LogP contribution in [0.3, 0.4) is 0 Å². The molecule has 0 fully saturated rings. The summed E-state index contributed by atoms with van der Waals surface area (Å²) >= 11 is 1.22. The quantitative estimate of drug-likeness (QED) is 0.639. The molecule has 84 valence electrons. The van der Waals surface area contributed by atoms with Gasteiger partial charge in [0.25, 0.3) is 0 Å². The summed E-state index contributed by atoms with van der Waals surface area (Å²) in [4.78, 5) is 0.316. The highest BCUT2D eigenvalue weighted by Gasteiger charge is 2.12. The molecule has 0 aliphatic rings. The lowest BCUT2D eigenvalue weighted by atomic mass is 10.2. The van der Waals surface area contributed by atoms with Gasteiger partial charge in [-0.15, -0.1) is 0 Å². The van der Waals surface area contributed by atoms with E-state index in [1.54, 1.807) is 24.3 Å². The Morgan fingerprint density at radius 3 is 2.40 bits per heavy atom. The van der Waals surface area contributed by atoms with Crippen LogP contribution in [0.4, 0.5) is 0 Å². The zero-order chi connectivity index (χ0) is 11.3. The molecule has 0 aliphatic heterocycles. The average Bonchev–Trinajstić information content (AvgIpc) is 2.18. The molecule has 0 spiro atoms. The Balaban J connectivity index is 2.73. The summed E-state index contributed by atoms with van der Waals surface area (Å²) < 4.78 is 25.9. The van der Waals surface area contributed by atoms with Gasteiger partial charge in [-0.3, -0.25) is 0 Å². The van der Waals surface area contributed by atoms with Gasteiger partial charge in [0.15, 0.2) is 0 Å². The molecule has 0 amide bonds. The van der Waals surface area contributed by atoms with E-state index in [-0.39, 0.29) is 0 Å². The molecule has 0 heterocycles. The number of aryl methyl sites for hydroxylation is 1. The second-order valence-electron chi connectivity index (χ2n) is 3.25. The van der Waals surface area contributed by atoms with Crippen molar-refractivity contribution < 1.29 is 8.42 Å². The first-order valence-electron chi connectivity index (χ1n) is 4.76. The molecule has 0 aromatic heterocycles. The Kier molecular flexibility index (Phi) is 4.63. The van der Waals surface area contributed by atoms with E-state index < -0.39 is 10.0 Å². The number of sulfonamides is 1. The van der Waals surface area contributed by atoms with Crippen LogP contribution in [-0.4, -0.2) is 14.2 Å². The number of benzene rings is 1. The summed E-state index contributed by atoms with van der Waals surface area (Å²) in [5.74, 6) is 0.783. The molecule has 1 rings (SSSR count). The Morgan fingerprint density at radius 1 is 1.27 bits per heavy atom. The topological polar surface area (TPSA) is 46.2 Å². The minimum absolute atomic E-state index is 0.316.